The molecule has 0 saturated carbocycles. The number of rotatable bonds is 19. The van der Waals surface area contributed by atoms with Crippen LogP contribution < -0.4 is 4.74 Å². The van der Waals surface area contributed by atoms with Gasteiger partial charge in [0.25, 0.3) is 0 Å². The van der Waals surface area contributed by atoms with E-state index in [-0.39, 0.29) is 11.5 Å². The lowest BCUT2D eigenvalue weighted by molar-refractivity contribution is 0.101. The molecule has 0 spiro atoms. The Morgan fingerprint density at radius 3 is 1.66 bits per heavy atom. The van der Waals surface area contributed by atoms with Crippen molar-refractivity contribution < 1.29 is 14.6 Å². The molecule has 1 aromatic carbocycles. The standard InChI is InChI=1S/C26H44O3/c1-3-4-5-6-7-8-9-10-11-12-13-14-15-16-17-18-22-29-25-21-19-20-24(28)26(25)23(2)27/h19-21,28H,3-18,22H2,1-2H3. The molecule has 1 N–H and O–H groups in total. The number of benzene rings is 1. The Balaban J connectivity index is 1.89. The number of aromatic hydroxyl groups is 1. The van der Waals surface area contributed by atoms with E-state index >= 15 is 0 Å². The van der Waals surface area contributed by atoms with Crippen LogP contribution in [0.25, 0.3) is 0 Å². The molecule has 0 radical (unpaired) electrons. The minimum atomic E-state index is -0.162. The van der Waals surface area contributed by atoms with E-state index in [1.165, 1.54) is 103 Å². The quantitative estimate of drug-likeness (QED) is 0.186. The molecule has 1 aromatic rings. The molecule has 0 heterocycles. The highest BCUT2D eigenvalue weighted by molar-refractivity contribution is 5.99. The second-order valence-electron chi connectivity index (χ2n) is 8.36. The van der Waals surface area contributed by atoms with Crippen molar-refractivity contribution in [2.75, 3.05) is 6.61 Å². The van der Waals surface area contributed by atoms with Crippen molar-refractivity contribution in [2.45, 2.75) is 117 Å². The second kappa shape index (κ2) is 17.4. The van der Waals surface area contributed by atoms with Gasteiger partial charge in [0, 0.05) is 0 Å². The summed E-state index contributed by atoms with van der Waals surface area (Å²) >= 11 is 0. The van der Waals surface area contributed by atoms with Gasteiger partial charge < -0.3 is 9.84 Å². The lowest BCUT2D eigenvalue weighted by Gasteiger charge is -2.10. The SMILES string of the molecule is CCCCCCCCCCCCCCCCCCOc1cccc(O)c1C(C)=O. The highest BCUT2D eigenvalue weighted by atomic mass is 16.5. The highest BCUT2D eigenvalue weighted by Crippen LogP contribution is 2.28. The number of ketones is 1. The van der Waals surface area contributed by atoms with Crippen molar-refractivity contribution in [3.63, 3.8) is 0 Å². The molecular formula is C26H44O3. The minimum Gasteiger partial charge on any atom is -0.507 e. The topological polar surface area (TPSA) is 46.5 Å². The van der Waals surface area contributed by atoms with Crippen molar-refractivity contribution >= 4 is 5.78 Å². The van der Waals surface area contributed by atoms with Crippen molar-refractivity contribution in [1.29, 1.82) is 0 Å². The summed E-state index contributed by atoms with van der Waals surface area (Å²) in [6.07, 6.45) is 21.6. The van der Waals surface area contributed by atoms with Gasteiger partial charge in [-0.1, -0.05) is 109 Å². The van der Waals surface area contributed by atoms with E-state index in [1.807, 2.05) is 0 Å². The smallest absolute Gasteiger partial charge is 0.167 e. The Hall–Kier alpha value is -1.51. The molecule has 0 saturated heterocycles. The number of unbranched alkanes of at least 4 members (excludes halogenated alkanes) is 15. The summed E-state index contributed by atoms with van der Waals surface area (Å²) in [5, 5.41) is 9.80. The molecule has 0 aliphatic heterocycles. The van der Waals surface area contributed by atoms with Gasteiger partial charge in [-0.2, -0.15) is 0 Å². The molecular weight excluding hydrogens is 360 g/mol. The first-order valence-electron chi connectivity index (χ1n) is 12.1. The maximum Gasteiger partial charge on any atom is 0.167 e. The highest BCUT2D eigenvalue weighted by Gasteiger charge is 2.13. The number of carbonyl (C=O) groups is 1. The van der Waals surface area contributed by atoms with Crippen molar-refractivity contribution in [3.8, 4) is 11.5 Å². The molecule has 1 rings (SSSR count). The normalized spacial score (nSPS) is 11.0. The minimum absolute atomic E-state index is 0.00183. The van der Waals surface area contributed by atoms with Gasteiger partial charge >= 0.3 is 0 Å². The molecule has 0 atom stereocenters. The van der Waals surface area contributed by atoms with Gasteiger partial charge in [0.2, 0.25) is 0 Å². The van der Waals surface area contributed by atoms with E-state index in [2.05, 4.69) is 6.92 Å². The van der Waals surface area contributed by atoms with Crippen LogP contribution in [0.2, 0.25) is 0 Å². The van der Waals surface area contributed by atoms with E-state index in [1.54, 1.807) is 12.1 Å². The Labute approximate surface area is 179 Å². The predicted molar refractivity (Wildman–Crippen MR) is 123 cm³/mol. The van der Waals surface area contributed by atoms with Crippen LogP contribution >= 0.6 is 0 Å². The van der Waals surface area contributed by atoms with Gasteiger partial charge in [-0.05, 0) is 25.5 Å². The Morgan fingerprint density at radius 1 is 0.759 bits per heavy atom. The van der Waals surface area contributed by atoms with Gasteiger partial charge in [-0.25, -0.2) is 0 Å². The number of hydrogen-bond acceptors (Lipinski definition) is 3. The van der Waals surface area contributed by atoms with Crippen LogP contribution in [0.1, 0.15) is 127 Å². The van der Waals surface area contributed by atoms with Crippen LogP contribution in [0.5, 0.6) is 11.5 Å². The van der Waals surface area contributed by atoms with Gasteiger partial charge in [0.15, 0.2) is 5.78 Å². The summed E-state index contributed by atoms with van der Waals surface area (Å²) in [5.74, 6) is 0.338. The molecule has 0 unspecified atom stereocenters. The fourth-order valence-electron chi connectivity index (χ4n) is 3.83. The lowest BCUT2D eigenvalue weighted by atomic mass is 10.0. The molecule has 29 heavy (non-hydrogen) atoms. The number of Topliss-reactive ketones (excluding diaryl/α,β-unsaturated/α-hetero) is 1. The molecule has 3 nitrogen and oxygen atoms in total. The first-order chi connectivity index (χ1) is 14.2. The molecule has 0 aromatic heterocycles. The Kier molecular flexibility index (Phi) is 15.3. The maximum absolute atomic E-state index is 11.6. The first-order valence-corrected chi connectivity index (χ1v) is 12.1. The third-order valence-electron chi connectivity index (χ3n) is 5.61. The zero-order valence-electron chi connectivity index (χ0n) is 19.0. The van der Waals surface area contributed by atoms with Crippen molar-refractivity contribution in [3.05, 3.63) is 23.8 Å². The molecule has 3 heteroatoms. The largest absolute Gasteiger partial charge is 0.507 e. The fourth-order valence-corrected chi connectivity index (χ4v) is 3.83. The van der Waals surface area contributed by atoms with E-state index in [9.17, 15) is 9.90 Å². The molecule has 0 aliphatic carbocycles. The van der Waals surface area contributed by atoms with Gasteiger partial charge in [0.05, 0.1) is 6.61 Å². The summed E-state index contributed by atoms with van der Waals surface area (Å²) in [6.45, 7) is 4.33. The van der Waals surface area contributed by atoms with Crippen LogP contribution in [0.3, 0.4) is 0 Å². The fraction of sp³-hybridized carbons (Fsp3) is 0.731. The number of ether oxygens (including phenoxy) is 1. The summed E-state index contributed by atoms with van der Waals surface area (Å²) in [6, 6.07) is 4.99. The van der Waals surface area contributed by atoms with Gasteiger partial charge in [-0.3, -0.25) is 4.79 Å². The number of phenolic OH excluding ortho intramolecular Hbond substituents is 1. The number of phenols is 1. The van der Waals surface area contributed by atoms with Crippen molar-refractivity contribution in [2.24, 2.45) is 0 Å². The Morgan fingerprint density at radius 2 is 1.21 bits per heavy atom. The van der Waals surface area contributed by atoms with Crippen molar-refractivity contribution in [1.82, 2.24) is 0 Å². The molecule has 0 fully saturated rings. The maximum atomic E-state index is 11.6. The van der Waals surface area contributed by atoms with E-state index in [0.717, 1.165) is 12.8 Å². The summed E-state index contributed by atoms with van der Waals surface area (Å²) in [4.78, 5) is 11.6. The van der Waals surface area contributed by atoms with E-state index in [0.29, 0.717) is 17.9 Å². The third-order valence-corrected chi connectivity index (χ3v) is 5.61. The molecule has 166 valence electrons. The molecule has 0 bridgehead atoms. The third kappa shape index (κ3) is 12.6. The summed E-state index contributed by atoms with van der Waals surface area (Å²) < 4.78 is 5.72. The zero-order chi connectivity index (χ0) is 21.2. The van der Waals surface area contributed by atoms with Crippen LogP contribution in [-0.2, 0) is 0 Å². The van der Waals surface area contributed by atoms with Crippen LogP contribution in [0.15, 0.2) is 18.2 Å². The number of hydrogen-bond donors (Lipinski definition) is 1. The first kappa shape index (κ1) is 25.5. The predicted octanol–water partition coefficient (Wildman–Crippen LogP) is 8.24. The zero-order valence-corrected chi connectivity index (χ0v) is 19.0. The average Bonchev–Trinajstić information content (AvgIpc) is 2.70. The molecule has 0 aliphatic rings. The number of carbonyl (C=O) groups excluding carboxylic acids is 1. The van der Waals surface area contributed by atoms with Gasteiger partial charge in [-0.15, -0.1) is 0 Å². The van der Waals surface area contributed by atoms with E-state index < -0.39 is 0 Å². The summed E-state index contributed by atoms with van der Waals surface area (Å²) in [7, 11) is 0. The lowest BCUT2D eigenvalue weighted by Crippen LogP contribution is -2.03. The average molecular weight is 405 g/mol. The van der Waals surface area contributed by atoms with Crippen LogP contribution in [0, 0.1) is 0 Å². The van der Waals surface area contributed by atoms with Crippen LogP contribution in [-0.4, -0.2) is 17.5 Å². The summed E-state index contributed by atoms with van der Waals surface area (Å²) in [5.41, 5.74) is 0.295. The van der Waals surface area contributed by atoms with E-state index in [4.69, 9.17) is 4.74 Å². The van der Waals surface area contributed by atoms with Gasteiger partial charge in [0.1, 0.15) is 17.1 Å². The van der Waals surface area contributed by atoms with Crippen LogP contribution in [0.4, 0.5) is 0 Å². The Bertz CT molecular complexity index is 539. The second-order valence-corrected chi connectivity index (χ2v) is 8.36. The molecule has 0 amide bonds. The monoisotopic (exact) mass is 404 g/mol.